The highest BCUT2D eigenvalue weighted by Gasteiger charge is 2.31. The van der Waals surface area contributed by atoms with E-state index in [1.54, 1.807) is 39.0 Å². The minimum atomic E-state index is -0.622. The van der Waals surface area contributed by atoms with Gasteiger partial charge in [0, 0.05) is 17.2 Å². The number of hydrogen-bond donors (Lipinski definition) is 2. The van der Waals surface area contributed by atoms with E-state index in [-0.39, 0.29) is 17.2 Å². The molecule has 8 heteroatoms. The van der Waals surface area contributed by atoms with Crippen molar-refractivity contribution in [2.24, 2.45) is 5.92 Å². The minimum Gasteiger partial charge on any atom is -0.484 e. The molecule has 2 aliphatic rings. The standard InChI is InChI=1S/C26H29ClN4O3/c1-14-17-6-5-7-21(23(17)31-24(27)19(14)13-28)33-16-10-11-20(30-25(32)34-26(2,3)4)18(12-16)22(29)15-8-9-15/h10-12,15,21,29H,5-9H2,1-4H3,(H,30,32). The van der Waals surface area contributed by atoms with Gasteiger partial charge in [-0.1, -0.05) is 11.6 Å². The van der Waals surface area contributed by atoms with E-state index in [0.29, 0.717) is 28.3 Å². The summed E-state index contributed by atoms with van der Waals surface area (Å²) >= 11 is 6.29. The van der Waals surface area contributed by atoms with Crippen molar-refractivity contribution in [3.05, 3.63) is 51.3 Å². The first-order valence-corrected chi connectivity index (χ1v) is 11.9. The molecule has 1 aromatic heterocycles. The number of ether oxygens (including phenoxy) is 2. The van der Waals surface area contributed by atoms with Crippen LogP contribution in [0.1, 0.15) is 80.5 Å². The number of nitrogens with zero attached hydrogens (tertiary/aromatic N) is 2. The molecule has 2 N–H and O–H groups in total. The van der Waals surface area contributed by atoms with Crippen LogP contribution in [0.5, 0.6) is 5.75 Å². The molecule has 4 rings (SSSR count). The molecule has 0 radical (unpaired) electrons. The molecule has 1 atom stereocenters. The fourth-order valence-electron chi connectivity index (χ4n) is 4.25. The number of halogens is 1. The number of pyridine rings is 1. The summed E-state index contributed by atoms with van der Waals surface area (Å²) < 4.78 is 11.7. The van der Waals surface area contributed by atoms with Crippen molar-refractivity contribution < 1.29 is 14.3 Å². The van der Waals surface area contributed by atoms with E-state index in [9.17, 15) is 10.1 Å². The lowest BCUT2D eigenvalue weighted by Gasteiger charge is -2.27. The molecule has 2 aromatic rings. The number of amides is 1. The van der Waals surface area contributed by atoms with Crippen molar-refractivity contribution in [1.29, 1.82) is 10.7 Å². The second kappa shape index (κ2) is 9.27. The number of aromatic nitrogens is 1. The molecule has 0 bridgehead atoms. The lowest BCUT2D eigenvalue weighted by molar-refractivity contribution is 0.0636. The summed E-state index contributed by atoms with van der Waals surface area (Å²) in [7, 11) is 0. The SMILES string of the molecule is Cc1c(C#N)c(Cl)nc2c1CCCC2Oc1ccc(NC(=O)OC(C)(C)C)c(C(=N)C2CC2)c1. The van der Waals surface area contributed by atoms with Gasteiger partial charge in [0.05, 0.1) is 16.9 Å². The van der Waals surface area contributed by atoms with E-state index >= 15 is 0 Å². The predicted octanol–water partition coefficient (Wildman–Crippen LogP) is 6.50. The van der Waals surface area contributed by atoms with E-state index < -0.39 is 11.7 Å². The Hall–Kier alpha value is -3.11. The molecule has 178 valence electrons. The summed E-state index contributed by atoms with van der Waals surface area (Å²) in [5.41, 5.74) is 4.08. The van der Waals surface area contributed by atoms with Crippen molar-refractivity contribution in [2.75, 3.05) is 5.32 Å². The van der Waals surface area contributed by atoms with Gasteiger partial charge in [0.1, 0.15) is 28.7 Å². The summed E-state index contributed by atoms with van der Waals surface area (Å²) in [5.74, 6) is 0.783. The average Bonchev–Trinajstić information content (AvgIpc) is 3.59. The second-order valence-corrected chi connectivity index (χ2v) is 10.3. The highest BCUT2D eigenvalue weighted by molar-refractivity contribution is 6.30. The van der Waals surface area contributed by atoms with Crippen molar-refractivity contribution in [3.8, 4) is 11.8 Å². The molecule has 1 aromatic carbocycles. The average molecular weight is 481 g/mol. The summed E-state index contributed by atoms with van der Waals surface area (Å²) in [5, 5.41) is 21.0. The summed E-state index contributed by atoms with van der Waals surface area (Å²) in [4.78, 5) is 16.9. The van der Waals surface area contributed by atoms with Gasteiger partial charge >= 0.3 is 6.09 Å². The van der Waals surface area contributed by atoms with Gasteiger partial charge in [-0.15, -0.1) is 0 Å². The number of rotatable bonds is 5. The van der Waals surface area contributed by atoms with Gasteiger partial charge in [-0.25, -0.2) is 9.78 Å². The largest absolute Gasteiger partial charge is 0.484 e. The Balaban J connectivity index is 1.63. The third-order valence-electron chi connectivity index (χ3n) is 6.05. The van der Waals surface area contributed by atoms with Crippen LogP contribution in [0, 0.1) is 29.6 Å². The van der Waals surface area contributed by atoms with E-state index in [1.807, 2.05) is 6.92 Å². The number of carbonyl (C=O) groups is 1. The fraction of sp³-hybridized carbons (Fsp3) is 0.462. The topological polar surface area (TPSA) is 108 Å². The maximum Gasteiger partial charge on any atom is 0.412 e. The third-order valence-corrected chi connectivity index (χ3v) is 6.33. The molecule has 1 heterocycles. The maximum atomic E-state index is 12.4. The smallest absolute Gasteiger partial charge is 0.412 e. The second-order valence-electron chi connectivity index (χ2n) is 9.90. The van der Waals surface area contributed by atoms with Gasteiger partial charge in [-0.05, 0) is 89.1 Å². The van der Waals surface area contributed by atoms with Crippen LogP contribution in [0.4, 0.5) is 10.5 Å². The van der Waals surface area contributed by atoms with Gasteiger partial charge in [0.2, 0.25) is 0 Å². The summed E-state index contributed by atoms with van der Waals surface area (Å²) in [6.45, 7) is 7.32. The van der Waals surface area contributed by atoms with Gasteiger partial charge in [-0.2, -0.15) is 5.26 Å². The van der Waals surface area contributed by atoms with Gasteiger partial charge < -0.3 is 14.9 Å². The van der Waals surface area contributed by atoms with Crippen LogP contribution in [-0.4, -0.2) is 22.4 Å². The number of nitriles is 1. The van der Waals surface area contributed by atoms with Crippen LogP contribution in [-0.2, 0) is 11.2 Å². The Bertz CT molecular complexity index is 1190. The van der Waals surface area contributed by atoms with E-state index in [0.717, 1.165) is 48.9 Å². The normalized spacial score (nSPS) is 17.4. The summed E-state index contributed by atoms with van der Waals surface area (Å²) in [6, 6.07) is 7.48. The third kappa shape index (κ3) is 5.18. The van der Waals surface area contributed by atoms with Crippen LogP contribution in [0.3, 0.4) is 0 Å². The molecule has 0 aliphatic heterocycles. The molecule has 1 amide bonds. The van der Waals surface area contributed by atoms with Crippen molar-refractivity contribution in [1.82, 2.24) is 4.98 Å². The molecule has 7 nitrogen and oxygen atoms in total. The van der Waals surface area contributed by atoms with Crippen molar-refractivity contribution in [2.45, 2.75) is 71.5 Å². The molecule has 0 spiro atoms. The number of fused-ring (bicyclic) bond motifs is 1. The molecule has 1 saturated carbocycles. The highest BCUT2D eigenvalue weighted by atomic mass is 35.5. The fourth-order valence-corrected chi connectivity index (χ4v) is 4.53. The van der Waals surface area contributed by atoms with Gasteiger partial charge in [0.25, 0.3) is 0 Å². The predicted molar refractivity (Wildman–Crippen MR) is 131 cm³/mol. The van der Waals surface area contributed by atoms with Crippen LogP contribution in [0.2, 0.25) is 5.15 Å². The maximum absolute atomic E-state index is 12.4. The van der Waals surface area contributed by atoms with Crippen LogP contribution in [0.25, 0.3) is 0 Å². The number of benzene rings is 1. The first kappa shape index (κ1) is 24.0. The Kier molecular flexibility index (Phi) is 6.55. The van der Waals surface area contributed by atoms with E-state index in [1.165, 1.54) is 0 Å². The Morgan fingerprint density at radius 2 is 2.03 bits per heavy atom. The molecule has 1 unspecified atom stereocenters. The van der Waals surface area contributed by atoms with Gasteiger partial charge in [0.15, 0.2) is 0 Å². The molecule has 34 heavy (non-hydrogen) atoms. The zero-order valence-electron chi connectivity index (χ0n) is 19.9. The lowest BCUT2D eigenvalue weighted by atomic mass is 9.89. The quantitative estimate of drug-likeness (QED) is 0.375. The highest BCUT2D eigenvalue weighted by Crippen LogP contribution is 2.39. The van der Waals surface area contributed by atoms with Crippen molar-refractivity contribution in [3.63, 3.8) is 0 Å². The van der Waals surface area contributed by atoms with Crippen LogP contribution < -0.4 is 10.1 Å². The lowest BCUT2D eigenvalue weighted by Crippen LogP contribution is -2.27. The Labute approximate surface area is 204 Å². The molecule has 2 aliphatic carbocycles. The van der Waals surface area contributed by atoms with E-state index in [4.69, 9.17) is 26.5 Å². The first-order chi connectivity index (χ1) is 16.1. The number of anilines is 1. The zero-order valence-corrected chi connectivity index (χ0v) is 20.7. The molecule has 1 fully saturated rings. The van der Waals surface area contributed by atoms with Gasteiger partial charge in [-0.3, -0.25) is 5.32 Å². The Morgan fingerprint density at radius 3 is 2.68 bits per heavy atom. The minimum absolute atomic E-state index is 0.192. The number of carbonyl (C=O) groups excluding carboxylic acids is 1. The first-order valence-electron chi connectivity index (χ1n) is 11.6. The number of hydrogen-bond acceptors (Lipinski definition) is 6. The number of nitrogens with one attached hydrogen (secondary N) is 2. The van der Waals surface area contributed by atoms with E-state index in [2.05, 4.69) is 16.4 Å². The van der Waals surface area contributed by atoms with Crippen LogP contribution in [0.15, 0.2) is 18.2 Å². The zero-order chi connectivity index (χ0) is 24.6. The summed E-state index contributed by atoms with van der Waals surface area (Å²) in [6.07, 6.45) is 3.58. The Morgan fingerprint density at radius 1 is 1.29 bits per heavy atom. The molecular formula is C26H29ClN4O3. The van der Waals surface area contributed by atoms with Crippen molar-refractivity contribution >= 4 is 29.1 Å². The van der Waals surface area contributed by atoms with Crippen LogP contribution >= 0.6 is 11.6 Å². The monoisotopic (exact) mass is 480 g/mol. The molecule has 0 saturated heterocycles. The molecular weight excluding hydrogens is 452 g/mol.